The number of nitrogens with one attached hydrogen (secondary N) is 1. The third kappa shape index (κ3) is 7.34. The quantitative estimate of drug-likeness (QED) is 0.500. The zero-order chi connectivity index (χ0) is 20.6. The van der Waals surface area contributed by atoms with Gasteiger partial charge in [-0.25, -0.2) is 19.4 Å². The number of carbonyl (C=O) groups is 3. The summed E-state index contributed by atoms with van der Waals surface area (Å²) in [6.45, 7) is 4.99. The highest BCUT2D eigenvalue weighted by Crippen LogP contribution is 2.19. The lowest BCUT2D eigenvalue weighted by atomic mass is 10.1. The van der Waals surface area contributed by atoms with E-state index >= 15 is 0 Å². The van der Waals surface area contributed by atoms with Crippen molar-refractivity contribution in [3.63, 3.8) is 0 Å². The smallest absolute Gasteiger partial charge is 0.408 e. The van der Waals surface area contributed by atoms with Crippen LogP contribution < -0.4 is 15.8 Å². The molecule has 1 unspecified atom stereocenters. The molecule has 0 radical (unpaired) electrons. The second kappa shape index (κ2) is 9.55. The van der Waals surface area contributed by atoms with Crippen molar-refractivity contribution in [1.82, 2.24) is 15.3 Å². The van der Waals surface area contributed by atoms with Gasteiger partial charge in [0.05, 0.1) is 20.4 Å². The van der Waals surface area contributed by atoms with Crippen molar-refractivity contribution in [3.05, 3.63) is 12.5 Å². The van der Waals surface area contributed by atoms with Crippen LogP contribution in [0.3, 0.4) is 0 Å². The number of amides is 1. The first-order chi connectivity index (χ1) is 12.6. The zero-order valence-corrected chi connectivity index (χ0v) is 15.8. The number of nitrogens with two attached hydrogens (primary N) is 1. The van der Waals surface area contributed by atoms with Crippen molar-refractivity contribution < 1.29 is 33.3 Å². The standard InChI is InChI=1S/C16H24N4O7/c1-16(2,3)27-15(23)20-10(13(21)24-4)6-11(14(22)25-5)26-12-9(17)7-18-8-19-12/h7-8,10-11H,6,17H2,1-5H3,(H,20,23)/t10-,11?/m0/s1. The van der Waals surface area contributed by atoms with Gasteiger partial charge in [-0.3, -0.25) is 0 Å². The first-order valence-electron chi connectivity index (χ1n) is 7.94. The Morgan fingerprint density at radius 2 is 1.81 bits per heavy atom. The Balaban J connectivity index is 2.98. The maximum absolute atomic E-state index is 12.1. The monoisotopic (exact) mass is 384 g/mol. The minimum Gasteiger partial charge on any atom is -0.467 e. The third-order valence-electron chi connectivity index (χ3n) is 3.05. The van der Waals surface area contributed by atoms with Gasteiger partial charge >= 0.3 is 18.0 Å². The maximum atomic E-state index is 12.1. The summed E-state index contributed by atoms with van der Waals surface area (Å²) in [5, 5.41) is 2.35. The van der Waals surface area contributed by atoms with Gasteiger partial charge in [0.15, 0.2) is 6.10 Å². The summed E-state index contributed by atoms with van der Waals surface area (Å²) in [4.78, 5) is 43.6. The minimum absolute atomic E-state index is 0.0683. The lowest BCUT2D eigenvalue weighted by molar-refractivity contribution is -0.151. The third-order valence-corrected chi connectivity index (χ3v) is 3.05. The number of hydrogen-bond donors (Lipinski definition) is 2. The summed E-state index contributed by atoms with van der Waals surface area (Å²) in [5.41, 5.74) is 5.00. The molecule has 27 heavy (non-hydrogen) atoms. The molecular formula is C16H24N4O7. The molecule has 0 saturated heterocycles. The molecule has 1 aromatic heterocycles. The molecule has 0 aromatic carbocycles. The van der Waals surface area contributed by atoms with Gasteiger partial charge in [-0.15, -0.1) is 0 Å². The number of alkyl carbamates (subject to hydrolysis) is 1. The Morgan fingerprint density at radius 3 is 2.33 bits per heavy atom. The topological polar surface area (TPSA) is 152 Å². The Labute approximate surface area is 156 Å². The van der Waals surface area contributed by atoms with Crippen LogP contribution in [0.5, 0.6) is 5.88 Å². The Bertz CT molecular complexity index is 675. The SMILES string of the molecule is COC(=O)C(C[C@H](NC(=O)OC(C)(C)C)C(=O)OC)Oc1ncncc1N. The molecule has 3 N–H and O–H groups in total. The molecule has 0 aliphatic heterocycles. The molecule has 2 atom stereocenters. The zero-order valence-electron chi connectivity index (χ0n) is 15.8. The van der Waals surface area contributed by atoms with Crippen LogP contribution in [0, 0.1) is 0 Å². The van der Waals surface area contributed by atoms with E-state index in [2.05, 4.69) is 24.8 Å². The van der Waals surface area contributed by atoms with Crippen molar-refractivity contribution in [2.75, 3.05) is 20.0 Å². The Morgan fingerprint density at radius 1 is 1.19 bits per heavy atom. The molecule has 0 bridgehead atoms. The molecule has 0 saturated carbocycles. The lowest BCUT2D eigenvalue weighted by Crippen LogP contribution is -2.47. The average molecular weight is 384 g/mol. The van der Waals surface area contributed by atoms with Crippen molar-refractivity contribution >= 4 is 23.7 Å². The van der Waals surface area contributed by atoms with E-state index in [0.29, 0.717) is 0 Å². The molecule has 1 rings (SSSR count). The number of hydrogen-bond acceptors (Lipinski definition) is 10. The van der Waals surface area contributed by atoms with E-state index in [-0.39, 0.29) is 18.0 Å². The first kappa shape index (κ1) is 21.9. The van der Waals surface area contributed by atoms with Crippen LogP contribution in [0.15, 0.2) is 12.5 Å². The van der Waals surface area contributed by atoms with E-state index in [1.54, 1.807) is 20.8 Å². The van der Waals surface area contributed by atoms with Gasteiger partial charge in [0.25, 0.3) is 0 Å². The van der Waals surface area contributed by atoms with Crippen LogP contribution in [-0.2, 0) is 23.8 Å². The Kier molecular flexibility index (Phi) is 7.76. The van der Waals surface area contributed by atoms with E-state index in [0.717, 1.165) is 14.2 Å². The molecule has 0 aliphatic rings. The van der Waals surface area contributed by atoms with E-state index < -0.39 is 35.8 Å². The summed E-state index contributed by atoms with van der Waals surface area (Å²) in [6, 6.07) is -1.24. The van der Waals surface area contributed by atoms with E-state index in [4.69, 9.17) is 15.2 Å². The van der Waals surface area contributed by atoms with Crippen LogP contribution >= 0.6 is 0 Å². The minimum atomic E-state index is -1.30. The highest BCUT2D eigenvalue weighted by atomic mass is 16.6. The highest BCUT2D eigenvalue weighted by Gasteiger charge is 2.33. The van der Waals surface area contributed by atoms with Crippen molar-refractivity contribution in [1.29, 1.82) is 0 Å². The number of nitrogens with zero attached hydrogens (tertiary/aromatic N) is 2. The number of anilines is 1. The molecule has 1 amide bonds. The molecule has 1 heterocycles. The number of rotatable bonds is 7. The number of methoxy groups -OCH3 is 2. The van der Waals surface area contributed by atoms with Crippen LogP contribution in [0.1, 0.15) is 27.2 Å². The predicted molar refractivity (Wildman–Crippen MR) is 92.7 cm³/mol. The Hall–Kier alpha value is -3.11. The van der Waals surface area contributed by atoms with Crippen LogP contribution in [0.4, 0.5) is 10.5 Å². The van der Waals surface area contributed by atoms with Gasteiger partial charge in [0.2, 0.25) is 5.88 Å². The highest BCUT2D eigenvalue weighted by molar-refractivity contribution is 5.83. The molecule has 1 aromatic rings. The number of aromatic nitrogens is 2. The second-order valence-electron chi connectivity index (χ2n) is 6.37. The molecule has 150 valence electrons. The number of carbonyl (C=O) groups excluding carboxylic acids is 3. The molecule has 11 nitrogen and oxygen atoms in total. The molecular weight excluding hydrogens is 360 g/mol. The van der Waals surface area contributed by atoms with Crippen molar-refractivity contribution in [2.45, 2.75) is 44.9 Å². The molecule has 0 spiro atoms. The molecule has 0 fully saturated rings. The predicted octanol–water partition coefficient (Wildman–Crippen LogP) is 0.436. The maximum Gasteiger partial charge on any atom is 0.408 e. The molecule has 0 aliphatic carbocycles. The summed E-state index contributed by atoms with van der Waals surface area (Å²) in [7, 11) is 2.29. The van der Waals surface area contributed by atoms with Gasteiger partial charge in [-0.05, 0) is 20.8 Å². The van der Waals surface area contributed by atoms with Crippen LogP contribution in [-0.4, -0.2) is 60.0 Å². The van der Waals surface area contributed by atoms with E-state index in [1.165, 1.54) is 12.5 Å². The number of nitrogen functional groups attached to an aromatic ring is 1. The van der Waals surface area contributed by atoms with E-state index in [9.17, 15) is 14.4 Å². The van der Waals surface area contributed by atoms with Gasteiger partial charge in [-0.1, -0.05) is 0 Å². The van der Waals surface area contributed by atoms with Gasteiger partial charge < -0.3 is 30.0 Å². The van der Waals surface area contributed by atoms with Crippen molar-refractivity contribution in [3.8, 4) is 5.88 Å². The summed E-state index contributed by atoms with van der Waals surface area (Å²) in [6.07, 6.45) is 0.000885. The van der Waals surface area contributed by atoms with Crippen LogP contribution in [0.25, 0.3) is 0 Å². The van der Waals surface area contributed by atoms with Crippen LogP contribution in [0.2, 0.25) is 0 Å². The second-order valence-corrected chi connectivity index (χ2v) is 6.37. The lowest BCUT2D eigenvalue weighted by Gasteiger charge is -2.24. The van der Waals surface area contributed by atoms with Gasteiger partial charge in [-0.2, -0.15) is 4.98 Å². The van der Waals surface area contributed by atoms with Gasteiger partial charge in [0, 0.05) is 6.42 Å². The number of esters is 2. The first-order valence-corrected chi connectivity index (χ1v) is 7.94. The average Bonchev–Trinajstić information content (AvgIpc) is 2.59. The number of ether oxygens (including phenoxy) is 4. The normalized spacial score (nSPS) is 13.1. The largest absolute Gasteiger partial charge is 0.467 e. The summed E-state index contributed by atoms with van der Waals surface area (Å²) in [5.74, 6) is -1.66. The fraction of sp³-hybridized carbons (Fsp3) is 0.562. The van der Waals surface area contributed by atoms with Gasteiger partial charge in [0.1, 0.15) is 23.7 Å². The molecule has 11 heteroatoms. The van der Waals surface area contributed by atoms with Crippen molar-refractivity contribution in [2.24, 2.45) is 0 Å². The van der Waals surface area contributed by atoms with E-state index in [1.807, 2.05) is 0 Å². The summed E-state index contributed by atoms with van der Waals surface area (Å²) >= 11 is 0. The summed E-state index contributed by atoms with van der Waals surface area (Å²) < 4.78 is 19.9. The fourth-order valence-electron chi connectivity index (χ4n) is 1.91. The fourth-order valence-corrected chi connectivity index (χ4v) is 1.91.